The van der Waals surface area contributed by atoms with E-state index in [1.807, 2.05) is 0 Å². The van der Waals surface area contributed by atoms with Gasteiger partial charge in [-0.25, -0.2) is 9.59 Å². The highest BCUT2D eigenvalue weighted by molar-refractivity contribution is 7.10. The van der Waals surface area contributed by atoms with Gasteiger partial charge in [-0.2, -0.15) is 26.3 Å². The molecule has 2 N–H and O–H groups in total. The predicted molar refractivity (Wildman–Crippen MR) is 73.4 cm³/mol. The molecule has 1 atom stereocenters. The van der Waals surface area contributed by atoms with Gasteiger partial charge in [-0.15, -0.1) is 11.3 Å². The highest BCUT2D eigenvalue weighted by Gasteiger charge is 2.60. The van der Waals surface area contributed by atoms with Crippen LogP contribution in [0.3, 0.4) is 0 Å². The lowest BCUT2D eigenvalue weighted by Crippen LogP contribution is -2.49. The van der Waals surface area contributed by atoms with Crippen LogP contribution in [0.25, 0.3) is 0 Å². The number of carbonyl (C=O) groups is 2. The van der Waals surface area contributed by atoms with E-state index in [2.05, 4.69) is 15.4 Å². The van der Waals surface area contributed by atoms with E-state index in [1.165, 1.54) is 13.0 Å². The number of hydrogen-bond donors (Lipinski definition) is 2. The summed E-state index contributed by atoms with van der Waals surface area (Å²) in [6.07, 6.45) is -15.9. The van der Waals surface area contributed by atoms with Crippen LogP contribution in [0.5, 0.6) is 0 Å². The minimum atomic E-state index is -5.83. The van der Waals surface area contributed by atoms with Crippen LogP contribution in [-0.4, -0.2) is 30.5 Å². The van der Waals surface area contributed by atoms with Crippen LogP contribution in [0.1, 0.15) is 17.8 Å². The van der Waals surface area contributed by atoms with Crippen LogP contribution in [-0.2, 0) is 9.53 Å². The molecule has 0 spiro atoms. The van der Waals surface area contributed by atoms with Crippen LogP contribution >= 0.6 is 11.3 Å². The zero-order valence-corrected chi connectivity index (χ0v) is 13.1. The Morgan fingerprint density at radius 1 is 1.24 bits per heavy atom. The molecule has 1 aliphatic rings. The summed E-state index contributed by atoms with van der Waals surface area (Å²) in [6.45, 7) is 1.17. The summed E-state index contributed by atoms with van der Waals surface area (Å²) in [5.41, 5.74) is -0.740. The van der Waals surface area contributed by atoms with Crippen molar-refractivity contribution in [1.82, 2.24) is 10.6 Å². The number of halogens is 6. The number of allylic oxidation sites excluding steroid dienone is 1. The largest absolute Gasteiger partial charge is 0.439 e. The Balaban J connectivity index is 2.37. The first-order valence-corrected chi connectivity index (χ1v) is 7.45. The van der Waals surface area contributed by atoms with Gasteiger partial charge in [0.1, 0.15) is 0 Å². The summed E-state index contributed by atoms with van der Waals surface area (Å²) in [4.78, 5) is 23.9. The summed E-state index contributed by atoms with van der Waals surface area (Å²) in [5, 5.41) is 5.96. The third-order valence-corrected chi connectivity index (χ3v) is 4.07. The number of nitrogens with one attached hydrogen (secondary N) is 2. The zero-order chi connectivity index (χ0) is 19.0. The Kier molecular flexibility index (Phi) is 5.02. The van der Waals surface area contributed by atoms with Crippen molar-refractivity contribution in [2.24, 2.45) is 0 Å². The Morgan fingerprint density at radius 2 is 1.84 bits per heavy atom. The fourth-order valence-electron chi connectivity index (χ4n) is 2.12. The molecule has 2 heterocycles. The maximum atomic E-state index is 12.6. The number of ether oxygens (including phenoxy) is 1. The molecule has 0 saturated carbocycles. The van der Waals surface area contributed by atoms with Gasteiger partial charge in [0.25, 0.3) is 6.10 Å². The SMILES string of the molecule is CC1=C(C(=O)OC(C(F)(F)F)C(F)(F)F)C(c2cccs2)NC(=O)N1. The molecule has 0 aliphatic carbocycles. The van der Waals surface area contributed by atoms with Crippen molar-refractivity contribution < 1.29 is 40.7 Å². The van der Waals surface area contributed by atoms with Gasteiger partial charge in [0.15, 0.2) is 0 Å². The second-order valence-electron chi connectivity index (χ2n) is 4.95. The van der Waals surface area contributed by atoms with E-state index >= 15 is 0 Å². The lowest BCUT2D eigenvalue weighted by atomic mass is 10.0. The molecule has 2 rings (SSSR count). The van der Waals surface area contributed by atoms with Crippen LogP contribution in [0.4, 0.5) is 31.1 Å². The number of rotatable bonds is 3. The molecule has 1 aromatic rings. The number of hydrogen-bond acceptors (Lipinski definition) is 4. The quantitative estimate of drug-likeness (QED) is 0.616. The third kappa shape index (κ3) is 4.24. The molecule has 0 radical (unpaired) electrons. The monoisotopic (exact) mass is 388 g/mol. The topological polar surface area (TPSA) is 67.4 Å². The van der Waals surface area contributed by atoms with E-state index in [0.717, 1.165) is 11.3 Å². The summed E-state index contributed by atoms with van der Waals surface area (Å²) in [5.74, 6) is -1.83. The van der Waals surface area contributed by atoms with Crippen molar-refractivity contribution in [3.05, 3.63) is 33.7 Å². The second kappa shape index (κ2) is 6.58. The molecular weight excluding hydrogens is 378 g/mol. The molecule has 2 amide bonds. The fraction of sp³-hybridized carbons (Fsp3) is 0.385. The minimum absolute atomic E-state index is 0.199. The molecule has 0 fully saturated rings. The van der Waals surface area contributed by atoms with Gasteiger partial charge in [-0.3, -0.25) is 0 Å². The Labute approximate surface area is 140 Å². The molecule has 0 aromatic carbocycles. The van der Waals surface area contributed by atoms with Gasteiger partial charge < -0.3 is 15.4 Å². The number of amides is 2. The molecule has 12 heteroatoms. The molecule has 0 saturated heterocycles. The van der Waals surface area contributed by atoms with Crippen molar-refractivity contribution in [3.8, 4) is 0 Å². The van der Waals surface area contributed by atoms with Gasteiger partial charge in [0, 0.05) is 10.6 Å². The minimum Gasteiger partial charge on any atom is -0.439 e. The average Bonchev–Trinajstić information content (AvgIpc) is 2.95. The number of alkyl halides is 6. The second-order valence-corrected chi connectivity index (χ2v) is 5.93. The normalized spacial score (nSPS) is 18.9. The molecule has 0 bridgehead atoms. The smallest absolute Gasteiger partial charge is 0.434 e. The summed E-state index contributed by atoms with van der Waals surface area (Å²) in [7, 11) is 0. The average molecular weight is 388 g/mol. The van der Waals surface area contributed by atoms with Crippen molar-refractivity contribution in [1.29, 1.82) is 0 Å². The van der Waals surface area contributed by atoms with E-state index in [-0.39, 0.29) is 5.70 Å². The van der Waals surface area contributed by atoms with Gasteiger partial charge in [-0.05, 0) is 18.4 Å². The Bertz CT molecular complexity index is 682. The number of carbonyl (C=O) groups excluding carboxylic acids is 2. The van der Waals surface area contributed by atoms with E-state index < -0.39 is 42.1 Å². The standard InChI is InChI=1S/C13H10F6N2O3S/c1-5-7(8(21-11(23)20-5)6-3-2-4-25-6)9(22)24-10(12(14,15)16)13(17,18)19/h2-4,8,10H,1H3,(H2,20,21,23). The highest BCUT2D eigenvalue weighted by atomic mass is 32.1. The van der Waals surface area contributed by atoms with E-state index in [4.69, 9.17) is 0 Å². The molecule has 1 aromatic heterocycles. The van der Waals surface area contributed by atoms with Crippen molar-refractivity contribution >= 4 is 23.3 Å². The number of thiophene rings is 1. The van der Waals surface area contributed by atoms with E-state index in [0.29, 0.717) is 4.88 Å². The first-order valence-electron chi connectivity index (χ1n) is 6.57. The van der Waals surface area contributed by atoms with Gasteiger partial charge >= 0.3 is 24.4 Å². The Hall–Kier alpha value is -2.24. The van der Waals surface area contributed by atoms with Crippen LogP contribution in [0, 0.1) is 0 Å². The van der Waals surface area contributed by atoms with E-state index in [1.54, 1.807) is 11.4 Å². The lowest BCUT2D eigenvalue weighted by Gasteiger charge is -2.29. The maximum Gasteiger partial charge on any atom is 0.434 e. The van der Waals surface area contributed by atoms with Crippen molar-refractivity contribution in [2.45, 2.75) is 31.4 Å². The first kappa shape index (κ1) is 19.1. The molecule has 138 valence electrons. The highest BCUT2D eigenvalue weighted by Crippen LogP contribution is 2.38. The summed E-state index contributed by atoms with van der Waals surface area (Å²) < 4.78 is 79.2. The molecule has 1 aliphatic heterocycles. The first-order chi connectivity index (χ1) is 11.4. The van der Waals surface area contributed by atoms with Gasteiger partial charge in [0.2, 0.25) is 0 Å². The molecule has 25 heavy (non-hydrogen) atoms. The zero-order valence-electron chi connectivity index (χ0n) is 12.3. The van der Waals surface area contributed by atoms with Gasteiger partial charge in [0.05, 0.1) is 11.6 Å². The van der Waals surface area contributed by atoms with Crippen LogP contribution in [0.15, 0.2) is 28.8 Å². The van der Waals surface area contributed by atoms with Gasteiger partial charge in [-0.1, -0.05) is 6.07 Å². The lowest BCUT2D eigenvalue weighted by molar-refractivity contribution is -0.312. The molecular formula is C13H10F6N2O3S. The molecule has 5 nitrogen and oxygen atoms in total. The summed E-state index contributed by atoms with van der Waals surface area (Å²) >= 11 is 1.06. The van der Waals surface area contributed by atoms with Crippen molar-refractivity contribution in [3.63, 3.8) is 0 Å². The predicted octanol–water partition coefficient (Wildman–Crippen LogP) is 3.41. The maximum absolute atomic E-state index is 12.6. The summed E-state index contributed by atoms with van der Waals surface area (Å²) in [6, 6.07) is 1.03. The van der Waals surface area contributed by atoms with E-state index in [9.17, 15) is 35.9 Å². The molecule has 1 unspecified atom stereocenters. The Morgan fingerprint density at radius 3 is 2.32 bits per heavy atom. The third-order valence-electron chi connectivity index (χ3n) is 3.14. The van der Waals surface area contributed by atoms with Crippen LogP contribution < -0.4 is 10.6 Å². The van der Waals surface area contributed by atoms with Crippen molar-refractivity contribution in [2.75, 3.05) is 0 Å². The fourth-order valence-corrected chi connectivity index (χ4v) is 2.91. The number of urea groups is 1. The number of esters is 1. The van der Waals surface area contributed by atoms with Crippen LogP contribution in [0.2, 0.25) is 0 Å².